The summed E-state index contributed by atoms with van der Waals surface area (Å²) in [7, 11) is 0. The van der Waals surface area contributed by atoms with E-state index in [0.717, 1.165) is 23.2 Å². The number of nitrogens with one attached hydrogen (secondary N) is 1. The monoisotopic (exact) mass is 327 g/mol. The van der Waals surface area contributed by atoms with E-state index in [1.54, 1.807) is 11.3 Å². The zero-order valence-corrected chi connectivity index (χ0v) is 12.8. The smallest absolute Gasteiger partial charge is 0.261 e. The highest BCUT2D eigenvalue weighted by Crippen LogP contribution is 2.46. The molecule has 3 rings (SSSR count). The predicted octanol–water partition coefficient (Wildman–Crippen LogP) is 3.53. The third kappa shape index (κ3) is 2.50. The third-order valence-corrected chi connectivity index (χ3v) is 6.51. The molecule has 1 aromatic rings. The van der Waals surface area contributed by atoms with Crippen LogP contribution in [0, 0.1) is 5.41 Å². The van der Waals surface area contributed by atoms with E-state index in [4.69, 9.17) is 0 Å². The summed E-state index contributed by atoms with van der Waals surface area (Å²) in [4.78, 5) is 14.5. The first-order valence-electron chi connectivity index (χ1n) is 6.68. The minimum Gasteiger partial charge on any atom is -0.351 e. The van der Waals surface area contributed by atoms with Crippen molar-refractivity contribution in [1.29, 1.82) is 0 Å². The van der Waals surface area contributed by atoms with Gasteiger partial charge in [-0.05, 0) is 55.6 Å². The molecule has 4 heteroatoms. The number of alkyl halides is 1. The van der Waals surface area contributed by atoms with Crippen LogP contribution < -0.4 is 5.32 Å². The van der Waals surface area contributed by atoms with E-state index in [0.29, 0.717) is 5.41 Å². The highest BCUT2D eigenvalue weighted by molar-refractivity contribution is 9.09. The number of carbonyl (C=O) groups excluding carboxylic acids is 1. The standard InChI is InChI=1S/C14H18BrNOS/c15-8-14(5-6-14)9-16-13(17)12-7-10-3-1-2-4-11(10)18-12/h7H,1-6,8-9H2,(H,16,17). The second kappa shape index (κ2) is 4.97. The lowest BCUT2D eigenvalue weighted by molar-refractivity contribution is 0.0950. The average molecular weight is 328 g/mol. The molecular formula is C14H18BrNOS. The molecule has 0 bridgehead atoms. The van der Waals surface area contributed by atoms with Crippen LogP contribution in [0.3, 0.4) is 0 Å². The summed E-state index contributed by atoms with van der Waals surface area (Å²) in [6, 6.07) is 2.11. The molecule has 18 heavy (non-hydrogen) atoms. The molecule has 2 nitrogen and oxygen atoms in total. The molecule has 98 valence electrons. The van der Waals surface area contributed by atoms with E-state index < -0.39 is 0 Å². The van der Waals surface area contributed by atoms with E-state index in [2.05, 4.69) is 27.3 Å². The number of halogens is 1. The fraction of sp³-hybridized carbons (Fsp3) is 0.643. The van der Waals surface area contributed by atoms with Gasteiger partial charge >= 0.3 is 0 Å². The van der Waals surface area contributed by atoms with Crippen LogP contribution in [-0.2, 0) is 12.8 Å². The van der Waals surface area contributed by atoms with E-state index in [1.807, 2.05) is 0 Å². The average Bonchev–Trinajstić information content (AvgIpc) is 3.05. The molecule has 1 saturated carbocycles. The number of aryl methyl sites for hydroxylation is 2. The highest BCUT2D eigenvalue weighted by Gasteiger charge is 2.41. The Morgan fingerprint density at radius 2 is 2.17 bits per heavy atom. The number of thiophene rings is 1. The van der Waals surface area contributed by atoms with Crippen LogP contribution in [0.15, 0.2) is 6.07 Å². The van der Waals surface area contributed by atoms with Crippen molar-refractivity contribution >= 4 is 33.2 Å². The highest BCUT2D eigenvalue weighted by atomic mass is 79.9. The quantitative estimate of drug-likeness (QED) is 0.842. The maximum Gasteiger partial charge on any atom is 0.261 e. The summed E-state index contributed by atoms with van der Waals surface area (Å²) in [6.07, 6.45) is 7.35. The summed E-state index contributed by atoms with van der Waals surface area (Å²) >= 11 is 5.24. The van der Waals surface area contributed by atoms with Gasteiger partial charge in [-0.3, -0.25) is 4.79 Å². The van der Waals surface area contributed by atoms with Gasteiger partial charge in [0.2, 0.25) is 0 Å². The minimum atomic E-state index is 0.127. The number of carbonyl (C=O) groups is 1. The van der Waals surface area contributed by atoms with Crippen molar-refractivity contribution in [2.45, 2.75) is 38.5 Å². The van der Waals surface area contributed by atoms with Gasteiger partial charge in [0, 0.05) is 16.8 Å². The van der Waals surface area contributed by atoms with Crippen molar-refractivity contribution in [3.8, 4) is 0 Å². The lowest BCUT2D eigenvalue weighted by atomic mass is 9.99. The molecule has 1 heterocycles. The van der Waals surface area contributed by atoms with Crippen LogP contribution in [0.5, 0.6) is 0 Å². The second-order valence-corrected chi connectivity index (χ2v) is 7.28. The zero-order chi connectivity index (χ0) is 12.6. The van der Waals surface area contributed by atoms with Gasteiger partial charge in [0.1, 0.15) is 0 Å². The van der Waals surface area contributed by atoms with Crippen LogP contribution >= 0.6 is 27.3 Å². The van der Waals surface area contributed by atoms with E-state index >= 15 is 0 Å². The van der Waals surface area contributed by atoms with Crippen molar-refractivity contribution in [2.24, 2.45) is 5.41 Å². The first-order valence-corrected chi connectivity index (χ1v) is 8.62. The molecule has 1 amide bonds. The molecule has 2 aliphatic rings. The van der Waals surface area contributed by atoms with E-state index in [-0.39, 0.29) is 5.91 Å². The van der Waals surface area contributed by atoms with Gasteiger partial charge in [-0.1, -0.05) is 15.9 Å². The van der Waals surface area contributed by atoms with Gasteiger partial charge in [0.05, 0.1) is 4.88 Å². The van der Waals surface area contributed by atoms with Gasteiger partial charge in [0.25, 0.3) is 5.91 Å². The van der Waals surface area contributed by atoms with Gasteiger partial charge in [-0.25, -0.2) is 0 Å². The van der Waals surface area contributed by atoms with Gasteiger partial charge < -0.3 is 5.32 Å². The molecular weight excluding hydrogens is 310 g/mol. The topological polar surface area (TPSA) is 29.1 Å². The van der Waals surface area contributed by atoms with Gasteiger partial charge in [0.15, 0.2) is 0 Å². The molecule has 0 aliphatic heterocycles. The van der Waals surface area contributed by atoms with Crippen molar-refractivity contribution in [1.82, 2.24) is 5.32 Å². The van der Waals surface area contributed by atoms with Crippen molar-refractivity contribution in [3.63, 3.8) is 0 Å². The number of hydrogen-bond donors (Lipinski definition) is 1. The predicted molar refractivity (Wildman–Crippen MR) is 78.8 cm³/mol. The van der Waals surface area contributed by atoms with Crippen LogP contribution in [-0.4, -0.2) is 17.8 Å². The zero-order valence-electron chi connectivity index (χ0n) is 10.4. The van der Waals surface area contributed by atoms with Crippen molar-refractivity contribution in [3.05, 3.63) is 21.4 Å². The molecule has 0 spiro atoms. The fourth-order valence-corrected chi connectivity index (χ4v) is 4.42. The SMILES string of the molecule is O=C(NCC1(CBr)CC1)c1cc2c(s1)CCCC2. The first-order chi connectivity index (χ1) is 8.72. The Kier molecular flexibility index (Phi) is 3.50. The lowest BCUT2D eigenvalue weighted by Crippen LogP contribution is -2.30. The molecule has 1 N–H and O–H groups in total. The Morgan fingerprint density at radius 3 is 2.83 bits per heavy atom. The van der Waals surface area contributed by atoms with Crippen molar-refractivity contribution in [2.75, 3.05) is 11.9 Å². The second-order valence-electron chi connectivity index (χ2n) is 5.58. The molecule has 0 radical (unpaired) electrons. The summed E-state index contributed by atoms with van der Waals surface area (Å²) in [5.41, 5.74) is 1.77. The van der Waals surface area contributed by atoms with Crippen LogP contribution in [0.1, 0.15) is 45.8 Å². The summed E-state index contributed by atoms with van der Waals surface area (Å²) < 4.78 is 0. The van der Waals surface area contributed by atoms with E-state index in [9.17, 15) is 4.79 Å². The van der Waals surface area contributed by atoms with E-state index in [1.165, 1.54) is 42.5 Å². The Labute approximate surface area is 120 Å². The summed E-state index contributed by atoms with van der Waals surface area (Å²) in [5, 5.41) is 4.10. The minimum absolute atomic E-state index is 0.127. The number of amides is 1. The van der Waals surface area contributed by atoms with Gasteiger partial charge in [-0.2, -0.15) is 0 Å². The lowest BCUT2D eigenvalue weighted by Gasteiger charge is -2.11. The molecule has 1 aromatic heterocycles. The molecule has 0 aromatic carbocycles. The summed E-state index contributed by atoms with van der Waals surface area (Å²) in [5.74, 6) is 0.127. The number of fused-ring (bicyclic) bond motifs is 1. The molecule has 0 atom stereocenters. The van der Waals surface area contributed by atoms with Crippen LogP contribution in [0.4, 0.5) is 0 Å². The third-order valence-electron chi connectivity index (χ3n) is 4.08. The molecule has 0 saturated heterocycles. The Balaban J connectivity index is 1.63. The molecule has 0 unspecified atom stereocenters. The number of rotatable bonds is 4. The van der Waals surface area contributed by atoms with Gasteiger partial charge in [-0.15, -0.1) is 11.3 Å². The Morgan fingerprint density at radius 1 is 1.39 bits per heavy atom. The first kappa shape index (κ1) is 12.7. The van der Waals surface area contributed by atoms with Crippen LogP contribution in [0.25, 0.3) is 0 Å². The van der Waals surface area contributed by atoms with Crippen LogP contribution in [0.2, 0.25) is 0 Å². The Hall–Kier alpha value is -0.350. The Bertz CT molecular complexity index is 441. The molecule has 1 fully saturated rings. The van der Waals surface area contributed by atoms with Crippen molar-refractivity contribution < 1.29 is 4.79 Å². The fourth-order valence-electron chi connectivity index (χ4n) is 2.49. The number of hydrogen-bond acceptors (Lipinski definition) is 2. The maximum absolute atomic E-state index is 12.1. The largest absolute Gasteiger partial charge is 0.351 e. The summed E-state index contributed by atoms with van der Waals surface area (Å²) in [6.45, 7) is 0.819. The maximum atomic E-state index is 12.1. The molecule has 2 aliphatic carbocycles. The normalized spacial score (nSPS) is 20.3.